The molecule has 0 bridgehead atoms. The maximum Gasteiger partial charge on any atom is 0.393 e. The number of nitrogens with zero attached hydrogens (tertiary/aromatic N) is 6. The van der Waals surface area contributed by atoms with Crippen LogP contribution < -0.4 is 4.90 Å². The predicted molar refractivity (Wildman–Crippen MR) is 120 cm³/mol. The SMILES string of the molecule is N#Cc1ccc(N2CC(C(F)(F)F)[C@@H](CN3CCC(N4CCCC4)CC3)C2)c2nccnc12. The maximum atomic E-state index is 14.0. The molecule has 33 heavy (non-hydrogen) atoms. The van der Waals surface area contributed by atoms with E-state index < -0.39 is 18.0 Å². The van der Waals surface area contributed by atoms with Crippen LogP contribution >= 0.6 is 0 Å². The summed E-state index contributed by atoms with van der Waals surface area (Å²) in [5.41, 5.74) is 1.94. The zero-order valence-corrected chi connectivity index (χ0v) is 18.6. The van der Waals surface area contributed by atoms with Crippen molar-refractivity contribution in [1.82, 2.24) is 19.8 Å². The van der Waals surface area contributed by atoms with Crippen molar-refractivity contribution in [3.05, 3.63) is 30.1 Å². The van der Waals surface area contributed by atoms with Gasteiger partial charge in [-0.15, -0.1) is 0 Å². The Morgan fingerprint density at radius 1 is 0.970 bits per heavy atom. The maximum absolute atomic E-state index is 14.0. The van der Waals surface area contributed by atoms with Crippen LogP contribution in [0.4, 0.5) is 18.9 Å². The molecule has 5 rings (SSSR count). The zero-order valence-electron chi connectivity index (χ0n) is 18.6. The fourth-order valence-electron chi connectivity index (χ4n) is 5.92. The van der Waals surface area contributed by atoms with Crippen molar-refractivity contribution in [2.75, 3.05) is 50.7 Å². The quantitative estimate of drug-likeness (QED) is 0.697. The highest BCUT2D eigenvalue weighted by Gasteiger charge is 2.50. The van der Waals surface area contributed by atoms with E-state index in [1.54, 1.807) is 17.0 Å². The lowest BCUT2D eigenvalue weighted by molar-refractivity contribution is -0.180. The lowest BCUT2D eigenvalue weighted by atomic mass is 9.93. The fourth-order valence-corrected chi connectivity index (χ4v) is 5.92. The van der Waals surface area contributed by atoms with E-state index in [1.807, 2.05) is 0 Å². The zero-order chi connectivity index (χ0) is 23.0. The Hall–Kier alpha value is -2.44. The normalized spacial score (nSPS) is 25.7. The molecular weight excluding hydrogens is 429 g/mol. The van der Waals surface area contributed by atoms with Gasteiger partial charge in [-0.3, -0.25) is 9.97 Å². The van der Waals surface area contributed by atoms with E-state index in [-0.39, 0.29) is 6.54 Å². The van der Waals surface area contributed by atoms with Crippen LogP contribution in [0.15, 0.2) is 24.5 Å². The Labute approximate surface area is 192 Å². The second kappa shape index (κ2) is 9.07. The van der Waals surface area contributed by atoms with Gasteiger partial charge in [-0.05, 0) is 64.0 Å². The Bertz CT molecular complexity index is 1020. The molecule has 0 radical (unpaired) electrons. The average Bonchev–Trinajstić information content (AvgIpc) is 3.49. The number of halogens is 3. The van der Waals surface area contributed by atoms with E-state index in [2.05, 4.69) is 25.8 Å². The number of hydrogen-bond acceptors (Lipinski definition) is 6. The van der Waals surface area contributed by atoms with Crippen LogP contribution in [-0.4, -0.2) is 77.8 Å². The number of piperidine rings is 1. The molecular formula is C24H29F3N6. The molecule has 3 saturated heterocycles. The van der Waals surface area contributed by atoms with Gasteiger partial charge in [-0.1, -0.05) is 0 Å². The van der Waals surface area contributed by atoms with Crippen molar-refractivity contribution in [2.24, 2.45) is 11.8 Å². The highest BCUT2D eigenvalue weighted by Crippen LogP contribution is 2.41. The number of benzene rings is 1. The van der Waals surface area contributed by atoms with E-state index in [0.717, 1.165) is 25.9 Å². The lowest BCUT2D eigenvalue weighted by Crippen LogP contribution is -2.46. The third-order valence-corrected chi connectivity index (χ3v) is 7.63. The molecule has 0 saturated carbocycles. The van der Waals surface area contributed by atoms with Crippen molar-refractivity contribution >= 4 is 16.7 Å². The summed E-state index contributed by atoms with van der Waals surface area (Å²) in [7, 11) is 0. The van der Waals surface area contributed by atoms with Crippen molar-refractivity contribution in [1.29, 1.82) is 5.26 Å². The molecule has 4 heterocycles. The molecule has 0 amide bonds. The van der Waals surface area contributed by atoms with Gasteiger partial charge in [0.2, 0.25) is 0 Å². The monoisotopic (exact) mass is 458 g/mol. The van der Waals surface area contributed by atoms with Gasteiger partial charge in [0.25, 0.3) is 0 Å². The minimum Gasteiger partial charge on any atom is -0.369 e. The van der Waals surface area contributed by atoms with Crippen molar-refractivity contribution in [3.63, 3.8) is 0 Å². The van der Waals surface area contributed by atoms with Crippen LogP contribution in [0.2, 0.25) is 0 Å². The van der Waals surface area contributed by atoms with Gasteiger partial charge in [0, 0.05) is 44.0 Å². The first-order chi connectivity index (χ1) is 15.9. The molecule has 2 aromatic rings. The average molecular weight is 459 g/mol. The molecule has 0 spiro atoms. The molecule has 1 aromatic heterocycles. The van der Waals surface area contributed by atoms with E-state index in [1.165, 1.54) is 38.3 Å². The predicted octanol–water partition coefficient (Wildman–Crippen LogP) is 3.68. The Morgan fingerprint density at radius 2 is 1.67 bits per heavy atom. The molecule has 1 unspecified atom stereocenters. The summed E-state index contributed by atoms with van der Waals surface area (Å²) in [6, 6.07) is 6.03. The van der Waals surface area contributed by atoms with Gasteiger partial charge in [0.05, 0.1) is 17.2 Å². The number of aromatic nitrogens is 2. The van der Waals surface area contributed by atoms with Crippen LogP contribution in [0, 0.1) is 23.2 Å². The number of rotatable bonds is 4. The fraction of sp³-hybridized carbons (Fsp3) is 0.625. The molecule has 3 aliphatic rings. The molecule has 0 N–H and O–H groups in total. The van der Waals surface area contributed by atoms with Crippen LogP contribution in [0.25, 0.3) is 11.0 Å². The molecule has 1 aromatic carbocycles. The molecule has 9 heteroatoms. The largest absolute Gasteiger partial charge is 0.393 e. The standard InChI is InChI=1S/C24H29F3N6/c25-24(26,27)20-16-33(21-4-3-17(13-28)22-23(21)30-8-7-29-22)15-18(20)14-31-11-5-19(6-12-31)32-9-1-2-10-32/h3-4,7-8,18-20H,1-2,5-6,9-12,14-16H2/t18-,20?/m0/s1. The minimum absolute atomic E-state index is 0.0873. The summed E-state index contributed by atoms with van der Waals surface area (Å²) in [4.78, 5) is 15.2. The highest BCUT2D eigenvalue weighted by atomic mass is 19.4. The van der Waals surface area contributed by atoms with E-state index in [4.69, 9.17) is 0 Å². The molecule has 176 valence electrons. The van der Waals surface area contributed by atoms with Gasteiger partial charge in [-0.2, -0.15) is 18.4 Å². The van der Waals surface area contributed by atoms with Gasteiger partial charge in [0.15, 0.2) is 0 Å². The molecule has 2 atom stereocenters. The Morgan fingerprint density at radius 3 is 2.33 bits per heavy atom. The van der Waals surface area contributed by atoms with E-state index in [9.17, 15) is 18.4 Å². The summed E-state index contributed by atoms with van der Waals surface area (Å²) in [6.45, 7) is 4.78. The number of fused-ring (bicyclic) bond motifs is 1. The minimum atomic E-state index is -4.25. The Kier molecular flexibility index (Phi) is 6.14. The van der Waals surface area contributed by atoms with Gasteiger partial charge < -0.3 is 14.7 Å². The van der Waals surface area contributed by atoms with Crippen LogP contribution in [0.5, 0.6) is 0 Å². The molecule has 3 fully saturated rings. The first-order valence-electron chi connectivity index (χ1n) is 11.9. The summed E-state index contributed by atoms with van der Waals surface area (Å²) in [6.07, 6.45) is 3.39. The third kappa shape index (κ3) is 4.51. The molecule has 3 aliphatic heterocycles. The lowest BCUT2D eigenvalue weighted by Gasteiger charge is -2.38. The second-order valence-corrected chi connectivity index (χ2v) is 9.59. The number of hydrogen-bond donors (Lipinski definition) is 0. The molecule has 0 aliphatic carbocycles. The first kappa shape index (κ1) is 22.4. The molecule has 6 nitrogen and oxygen atoms in total. The van der Waals surface area contributed by atoms with Crippen LogP contribution in [0.1, 0.15) is 31.2 Å². The van der Waals surface area contributed by atoms with Crippen LogP contribution in [0.3, 0.4) is 0 Å². The third-order valence-electron chi connectivity index (χ3n) is 7.63. The summed E-state index contributed by atoms with van der Waals surface area (Å²) < 4.78 is 42.1. The van der Waals surface area contributed by atoms with Crippen molar-refractivity contribution < 1.29 is 13.2 Å². The summed E-state index contributed by atoms with van der Waals surface area (Å²) in [5, 5.41) is 9.36. The summed E-state index contributed by atoms with van der Waals surface area (Å²) >= 11 is 0. The van der Waals surface area contributed by atoms with E-state index >= 15 is 0 Å². The summed E-state index contributed by atoms with van der Waals surface area (Å²) in [5.74, 6) is -1.87. The topological polar surface area (TPSA) is 59.3 Å². The number of nitriles is 1. The van der Waals surface area contributed by atoms with E-state index in [0.29, 0.717) is 41.4 Å². The van der Waals surface area contributed by atoms with Gasteiger partial charge >= 0.3 is 6.18 Å². The second-order valence-electron chi connectivity index (χ2n) is 9.59. The highest BCUT2D eigenvalue weighted by molar-refractivity contribution is 5.92. The number of likely N-dealkylation sites (tertiary alicyclic amines) is 2. The van der Waals surface area contributed by atoms with Crippen molar-refractivity contribution in [2.45, 2.75) is 37.9 Å². The van der Waals surface area contributed by atoms with Crippen LogP contribution in [-0.2, 0) is 0 Å². The first-order valence-corrected chi connectivity index (χ1v) is 11.9. The van der Waals surface area contributed by atoms with Gasteiger partial charge in [-0.25, -0.2) is 0 Å². The number of alkyl halides is 3. The Balaban J connectivity index is 1.32. The van der Waals surface area contributed by atoms with Gasteiger partial charge in [0.1, 0.15) is 17.1 Å². The number of anilines is 1. The smallest absolute Gasteiger partial charge is 0.369 e. The van der Waals surface area contributed by atoms with Crippen molar-refractivity contribution in [3.8, 4) is 6.07 Å².